The molecule has 122 valence electrons. The second-order valence-corrected chi connectivity index (χ2v) is 6.00. The van der Waals surface area contributed by atoms with E-state index in [0.29, 0.717) is 25.9 Å². The maximum absolute atomic E-state index is 12.5. The Bertz CT molecular complexity index is 464. The third-order valence-corrected chi connectivity index (χ3v) is 4.39. The number of nitrogens with zero attached hydrogens (tertiary/aromatic N) is 2. The molecule has 0 spiro atoms. The van der Waals surface area contributed by atoms with Crippen LogP contribution in [0.25, 0.3) is 0 Å². The molecular formula is C18H28N2O2. The topological polar surface area (TPSA) is 43.8 Å². The summed E-state index contributed by atoms with van der Waals surface area (Å²) in [6, 6.07) is 7.95. The fourth-order valence-electron chi connectivity index (χ4n) is 2.89. The van der Waals surface area contributed by atoms with Gasteiger partial charge in [-0.15, -0.1) is 0 Å². The summed E-state index contributed by atoms with van der Waals surface area (Å²) in [5.74, 6) is 0.0788. The molecule has 0 atom stereocenters. The van der Waals surface area contributed by atoms with E-state index in [-0.39, 0.29) is 12.0 Å². The lowest BCUT2D eigenvalue weighted by Gasteiger charge is -2.30. The highest BCUT2D eigenvalue weighted by molar-refractivity contribution is 5.94. The fraction of sp³-hybridized carbons (Fsp3) is 0.611. The van der Waals surface area contributed by atoms with Gasteiger partial charge in [0.1, 0.15) is 0 Å². The first-order chi connectivity index (χ1) is 10.7. The summed E-state index contributed by atoms with van der Waals surface area (Å²) in [5, 5.41) is 9.53. The van der Waals surface area contributed by atoms with Crippen molar-refractivity contribution >= 4 is 11.6 Å². The number of anilines is 1. The Hall–Kier alpha value is -1.55. The standard InChI is InChI=1S/C18H28N2O2/c1-3-5-12-19(4-2)16-8-6-15(7-9-16)18(22)20-13-10-17(21)11-14-20/h6-9,17,21H,3-5,10-14H2,1-2H3. The van der Waals surface area contributed by atoms with Crippen LogP contribution in [-0.4, -0.2) is 48.2 Å². The number of carbonyl (C=O) groups excluding carboxylic acids is 1. The molecule has 22 heavy (non-hydrogen) atoms. The Morgan fingerprint density at radius 2 is 1.86 bits per heavy atom. The summed E-state index contributed by atoms with van der Waals surface area (Å²) < 4.78 is 0. The number of hydrogen-bond donors (Lipinski definition) is 1. The van der Waals surface area contributed by atoms with Crippen LogP contribution in [0.15, 0.2) is 24.3 Å². The highest BCUT2D eigenvalue weighted by Crippen LogP contribution is 2.18. The second-order valence-electron chi connectivity index (χ2n) is 6.00. The summed E-state index contributed by atoms with van der Waals surface area (Å²) in [5.41, 5.74) is 1.92. The lowest BCUT2D eigenvalue weighted by molar-refractivity contribution is 0.0546. The van der Waals surface area contributed by atoms with Crippen LogP contribution in [0.5, 0.6) is 0 Å². The minimum atomic E-state index is -0.247. The fourth-order valence-corrected chi connectivity index (χ4v) is 2.89. The monoisotopic (exact) mass is 304 g/mol. The minimum absolute atomic E-state index is 0.0788. The van der Waals surface area contributed by atoms with E-state index >= 15 is 0 Å². The number of benzene rings is 1. The van der Waals surface area contributed by atoms with Gasteiger partial charge in [0.2, 0.25) is 0 Å². The van der Waals surface area contributed by atoms with Crippen LogP contribution in [0, 0.1) is 0 Å². The van der Waals surface area contributed by atoms with Gasteiger partial charge in [0.05, 0.1) is 6.10 Å². The molecule has 1 fully saturated rings. The highest BCUT2D eigenvalue weighted by atomic mass is 16.3. The molecule has 0 bridgehead atoms. The molecule has 1 aromatic rings. The SMILES string of the molecule is CCCCN(CC)c1ccc(C(=O)N2CCC(O)CC2)cc1. The Morgan fingerprint density at radius 3 is 2.41 bits per heavy atom. The maximum Gasteiger partial charge on any atom is 0.253 e. The predicted molar refractivity (Wildman–Crippen MR) is 90.4 cm³/mol. The molecule has 1 aliphatic rings. The van der Waals surface area contributed by atoms with Crippen LogP contribution in [0.3, 0.4) is 0 Å². The van der Waals surface area contributed by atoms with E-state index in [0.717, 1.165) is 18.7 Å². The maximum atomic E-state index is 12.5. The predicted octanol–water partition coefficient (Wildman–Crippen LogP) is 2.91. The van der Waals surface area contributed by atoms with Gasteiger partial charge in [0.25, 0.3) is 5.91 Å². The van der Waals surface area contributed by atoms with Crippen molar-refractivity contribution in [3.05, 3.63) is 29.8 Å². The molecule has 1 N–H and O–H groups in total. The molecule has 0 unspecified atom stereocenters. The molecule has 0 saturated carbocycles. The molecular weight excluding hydrogens is 276 g/mol. The van der Waals surface area contributed by atoms with Crippen molar-refractivity contribution < 1.29 is 9.90 Å². The Balaban J connectivity index is 2.00. The summed E-state index contributed by atoms with van der Waals surface area (Å²) in [4.78, 5) is 16.6. The number of carbonyl (C=O) groups is 1. The summed E-state index contributed by atoms with van der Waals surface area (Å²) >= 11 is 0. The first-order valence-electron chi connectivity index (χ1n) is 8.48. The van der Waals surface area contributed by atoms with E-state index in [9.17, 15) is 9.90 Å². The summed E-state index contributed by atoms with van der Waals surface area (Å²) in [7, 11) is 0. The molecule has 0 aromatic heterocycles. The van der Waals surface area contributed by atoms with Crippen molar-refractivity contribution in [2.24, 2.45) is 0 Å². The third kappa shape index (κ3) is 4.23. The van der Waals surface area contributed by atoms with Gasteiger partial charge < -0.3 is 14.9 Å². The van der Waals surface area contributed by atoms with Crippen molar-refractivity contribution in [2.45, 2.75) is 45.6 Å². The largest absolute Gasteiger partial charge is 0.393 e. The molecule has 0 radical (unpaired) electrons. The molecule has 1 heterocycles. The lowest BCUT2D eigenvalue weighted by atomic mass is 10.1. The van der Waals surface area contributed by atoms with Gasteiger partial charge in [-0.05, 0) is 50.5 Å². The summed E-state index contributed by atoms with van der Waals surface area (Å²) in [6.07, 6.45) is 3.50. The molecule has 4 heteroatoms. The molecule has 1 aromatic carbocycles. The molecule has 4 nitrogen and oxygen atoms in total. The Labute approximate surface area is 133 Å². The van der Waals surface area contributed by atoms with Crippen molar-refractivity contribution in [3.8, 4) is 0 Å². The van der Waals surface area contributed by atoms with Crippen molar-refractivity contribution in [3.63, 3.8) is 0 Å². The molecule has 1 aliphatic heterocycles. The number of aliphatic hydroxyl groups excluding tert-OH is 1. The first-order valence-corrected chi connectivity index (χ1v) is 8.48. The van der Waals surface area contributed by atoms with E-state index < -0.39 is 0 Å². The zero-order chi connectivity index (χ0) is 15.9. The van der Waals surface area contributed by atoms with Gasteiger partial charge >= 0.3 is 0 Å². The Morgan fingerprint density at radius 1 is 1.23 bits per heavy atom. The molecule has 2 rings (SSSR count). The number of piperidine rings is 1. The first kappa shape index (κ1) is 16.8. The van der Waals surface area contributed by atoms with Gasteiger partial charge in [0.15, 0.2) is 0 Å². The molecule has 1 amide bonds. The van der Waals surface area contributed by atoms with Gasteiger partial charge in [-0.1, -0.05) is 13.3 Å². The average Bonchev–Trinajstić information content (AvgIpc) is 2.56. The van der Waals surface area contributed by atoms with Crippen LogP contribution in [0.4, 0.5) is 5.69 Å². The van der Waals surface area contributed by atoms with E-state index in [4.69, 9.17) is 0 Å². The van der Waals surface area contributed by atoms with Crippen LogP contribution in [0.2, 0.25) is 0 Å². The number of unbranched alkanes of at least 4 members (excludes halogenated alkanes) is 1. The molecule has 0 aliphatic carbocycles. The van der Waals surface area contributed by atoms with Crippen LogP contribution < -0.4 is 4.90 Å². The van der Waals surface area contributed by atoms with Crippen molar-refractivity contribution in [1.29, 1.82) is 0 Å². The van der Waals surface area contributed by atoms with E-state index in [1.807, 2.05) is 29.2 Å². The second kappa shape index (κ2) is 8.18. The van der Waals surface area contributed by atoms with Gasteiger partial charge in [-0.2, -0.15) is 0 Å². The minimum Gasteiger partial charge on any atom is -0.393 e. The van der Waals surface area contributed by atoms with E-state index in [2.05, 4.69) is 18.7 Å². The number of aliphatic hydroxyl groups is 1. The lowest BCUT2D eigenvalue weighted by Crippen LogP contribution is -2.40. The number of amides is 1. The van der Waals surface area contributed by atoms with Crippen LogP contribution in [-0.2, 0) is 0 Å². The number of likely N-dealkylation sites (tertiary alicyclic amines) is 1. The van der Waals surface area contributed by atoms with Gasteiger partial charge in [-0.25, -0.2) is 0 Å². The van der Waals surface area contributed by atoms with E-state index in [1.54, 1.807) is 0 Å². The van der Waals surface area contributed by atoms with Crippen LogP contribution >= 0.6 is 0 Å². The smallest absolute Gasteiger partial charge is 0.253 e. The van der Waals surface area contributed by atoms with Crippen molar-refractivity contribution in [2.75, 3.05) is 31.1 Å². The normalized spacial score (nSPS) is 15.9. The third-order valence-electron chi connectivity index (χ3n) is 4.39. The zero-order valence-corrected chi connectivity index (χ0v) is 13.8. The highest BCUT2D eigenvalue weighted by Gasteiger charge is 2.22. The van der Waals surface area contributed by atoms with Crippen molar-refractivity contribution in [1.82, 2.24) is 4.90 Å². The number of rotatable bonds is 6. The van der Waals surface area contributed by atoms with Gasteiger partial charge in [-0.3, -0.25) is 4.79 Å². The zero-order valence-electron chi connectivity index (χ0n) is 13.8. The average molecular weight is 304 g/mol. The number of hydrogen-bond acceptors (Lipinski definition) is 3. The van der Waals surface area contributed by atoms with E-state index in [1.165, 1.54) is 18.5 Å². The quantitative estimate of drug-likeness (QED) is 0.879. The van der Waals surface area contributed by atoms with Crippen LogP contribution in [0.1, 0.15) is 49.9 Å². The summed E-state index contributed by atoms with van der Waals surface area (Å²) in [6.45, 7) is 7.71. The Kier molecular flexibility index (Phi) is 6.25. The molecule has 1 saturated heterocycles. The van der Waals surface area contributed by atoms with Gasteiger partial charge in [0, 0.05) is 37.4 Å².